The molecule has 1 aliphatic carbocycles. The number of hydrogen-bond acceptors (Lipinski definition) is 1. The van der Waals surface area contributed by atoms with Crippen molar-refractivity contribution in [3.8, 4) is 0 Å². The Bertz CT molecular complexity index is 701. The summed E-state index contributed by atoms with van der Waals surface area (Å²) in [6.07, 6.45) is 19.1. The fraction of sp³-hybridized carbons (Fsp3) is 0.630. The van der Waals surface area contributed by atoms with Crippen molar-refractivity contribution in [3.05, 3.63) is 58.5 Å². The Morgan fingerprint density at radius 3 is 2.50 bits per heavy atom. The van der Waals surface area contributed by atoms with E-state index in [0.717, 1.165) is 13.0 Å². The van der Waals surface area contributed by atoms with Gasteiger partial charge in [0.2, 0.25) is 0 Å². The molecule has 0 aromatic carbocycles. The van der Waals surface area contributed by atoms with Crippen LogP contribution in [0.5, 0.6) is 0 Å². The molecule has 0 N–H and O–H groups in total. The predicted molar refractivity (Wildman–Crippen MR) is 125 cm³/mol. The molecule has 28 heavy (non-hydrogen) atoms. The predicted octanol–water partition coefficient (Wildman–Crippen LogP) is 8.34. The van der Waals surface area contributed by atoms with Crippen molar-refractivity contribution in [1.29, 1.82) is 0 Å². The highest BCUT2D eigenvalue weighted by Crippen LogP contribution is 2.42. The van der Waals surface area contributed by atoms with E-state index in [-0.39, 0.29) is 5.41 Å². The fourth-order valence-corrected chi connectivity index (χ4v) is 4.86. The first kappa shape index (κ1) is 22.8. The number of rotatable bonds is 6. The van der Waals surface area contributed by atoms with E-state index < -0.39 is 0 Å². The standard InChI is InChI=1S/C27H43N/c1-9-10-19-28-20-17-22(3)25(26(4,5)6)24(28)16-12-11-15-23-21(2)14-13-18-27(23,7)8/h11-12,16-17,20H,9-10,13-15,18-19H2,1-8H3/b12-11+,24-16+. The summed E-state index contributed by atoms with van der Waals surface area (Å²) in [7, 11) is 0. The number of nitrogens with zero attached hydrogens (tertiary/aromatic N) is 1. The third-order valence-corrected chi connectivity index (χ3v) is 6.36. The summed E-state index contributed by atoms with van der Waals surface area (Å²) >= 11 is 0. The molecule has 2 aliphatic rings. The fourth-order valence-electron chi connectivity index (χ4n) is 4.86. The molecule has 0 spiro atoms. The summed E-state index contributed by atoms with van der Waals surface area (Å²) in [5.74, 6) is 0. The van der Waals surface area contributed by atoms with Crippen molar-refractivity contribution < 1.29 is 0 Å². The first-order chi connectivity index (χ1) is 13.1. The highest BCUT2D eigenvalue weighted by molar-refractivity contribution is 5.47. The first-order valence-electron chi connectivity index (χ1n) is 11.3. The Kier molecular flexibility index (Phi) is 7.59. The van der Waals surface area contributed by atoms with Gasteiger partial charge in [0, 0.05) is 18.4 Å². The Morgan fingerprint density at radius 1 is 1.18 bits per heavy atom. The van der Waals surface area contributed by atoms with E-state index >= 15 is 0 Å². The van der Waals surface area contributed by atoms with Gasteiger partial charge in [0.15, 0.2) is 0 Å². The van der Waals surface area contributed by atoms with Crippen LogP contribution in [0.3, 0.4) is 0 Å². The van der Waals surface area contributed by atoms with Crippen LogP contribution in [0.25, 0.3) is 0 Å². The van der Waals surface area contributed by atoms with Gasteiger partial charge in [0.05, 0.1) is 0 Å². The lowest BCUT2D eigenvalue weighted by atomic mass is 9.71. The van der Waals surface area contributed by atoms with Gasteiger partial charge in [-0.25, -0.2) is 0 Å². The lowest BCUT2D eigenvalue weighted by Gasteiger charge is -2.36. The maximum absolute atomic E-state index is 2.45. The second-order valence-electron chi connectivity index (χ2n) is 10.4. The quantitative estimate of drug-likeness (QED) is 0.418. The molecule has 0 amide bonds. The molecular formula is C27H43N. The van der Waals surface area contributed by atoms with Crippen molar-refractivity contribution in [2.45, 2.75) is 93.9 Å². The molecule has 0 fully saturated rings. The average molecular weight is 382 g/mol. The van der Waals surface area contributed by atoms with Gasteiger partial charge in [0.25, 0.3) is 0 Å². The summed E-state index contributed by atoms with van der Waals surface area (Å²) in [5, 5.41) is 0. The molecule has 2 rings (SSSR count). The van der Waals surface area contributed by atoms with E-state index in [1.54, 1.807) is 11.1 Å². The lowest BCUT2D eigenvalue weighted by molar-refractivity contribution is 0.361. The summed E-state index contributed by atoms with van der Waals surface area (Å²) in [6.45, 7) is 19.8. The van der Waals surface area contributed by atoms with Crippen molar-refractivity contribution in [1.82, 2.24) is 4.90 Å². The van der Waals surface area contributed by atoms with E-state index in [2.05, 4.69) is 90.8 Å². The van der Waals surface area contributed by atoms with Gasteiger partial charge >= 0.3 is 0 Å². The maximum atomic E-state index is 2.45. The number of unbranched alkanes of at least 4 members (excludes halogenated alkanes) is 1. The second-order valence-corrected chi connectivity index (χ2v) is 10.4. The molecule has 1 aliphatic heterocycles. The van der Waals surface area contributed by atoms with Crippen LogP contribution in [0.2, 0.25) is 0 Å². The summed E-state index contributed by atoms with van der Waals surface area (Å²) in [4.78, 5) is 2.45. The van der Waals surface area contributed by atoms with Gasteiger partial charge in [-0.1, -0.05) is 71.3 Å². The maximum Gasteiger partial charge on any atom is 0.0446 e. The van der Waals surface area contributed by atoms with Gasteiger partial charge in [0.1, 0.15) is 0 Å². The third-order valence-electron chi connectivity index (χ3n) is 6.36. The van der Waals surface area contributed by atoms with Crippen LogP contribution in [-0.4, -0.2) is 11.4 Å². The van der Waals surface area contributed by atoms with Crippen LogP contribution in [0.15, 0.2) is 58.5 Å². The van der Waals surface area contributed by atoms with Crippen LogP contribution in [0.4, 0.5) is 0 Å². The van der Waals surface area contributed by atoms with E-state index in [4.69, 9.17) is 0 Å². The van der Waals surface area contributed by atoms with Crippen LogP contribution >= 0.6 is 0 Å². The lowest BCUT2D eigenvalue weighted by Crippen LogP contribution is -2.27. The SMILES string of the molecule is CCCCN1C=CC(C)=C(C(C)(C)C)/C1=C\C=C\CC1=C(C)CCCC1(C)C. The van der Waals surface area contributed by atoms with E-state index in [1.165, 1.54) is 48.9 Å². The minimum absolute atomic E-state index is 0.142. The van der Waals surface area contributed by atoms with Crippen molar-refractivity contribution in [2.75, 3.05) is 6.54 Å². The molecule has 1 nitrogen and oxygen atoms in total. The minimum Gasteiger partial charge on any atom is -0.348 e. The zero-order valence-corrected chi connectivity index (χ0v) is 19.8. The van der Waals surface area contributed by atoms with E-state index in [9.17, 15) is 0 Å². The molecule has 0 atom stereocenters. The summed E-state index contributed by atoms with van der Waals surface area (Å²) < 4.78 is 0. The summed E-state index contributed by atoms with van der Waals surface area (Å²) in [6, 6.07) is 0. The number of hydrogen-bond donors (Lipinski definition) is 0. The Hall–Kier alpha value is -1.50. The van der Waals surface area contributed by atoms with Crippen molar-refractivity contribution >= 4 is 0 Å². The smallest absolute Gasteiger partial charge is 0.0446 e. The zero-order chi connectivity index (χ0) is 20.9. The highest BCUT2D eigenvalue weighted by Gasteiger charge is 2.28. The minimum atomic E-state index is 0.142. The monoisotopic (exact) mass is 381 g/mol. The average Bonchev–Trinajstić information content (AvgIpc) is 2.58. The third kappa shape index (κ3) is 5.52. The van der Waals surface area contributed by atoms with E-state index in [1.807, 2.05) is 0 Å². The molecule has 0 saturated heterocycles. The first-order valence-corrected chi connectivity index (χ1v) is 11.3. The molecule has 156 valence electrons. The van der Waals surface area contributed by atoms with Gasteiger partial charge in [-0.05, 0) is 80.1 Å². The largest absolute Gasteiger partial charge is 0.348 e. The van der Waals surface area contributed by atoms with Crippen molar-refractivity contribution in [3.63, 3.8) is 0 Å². The van der Waals surface area contributed by atoms with Crippen molar-refractivity contribution in [2.24, 2.45) is 10.8 Å². The van der Waals surface area contributed by atoms with Crippen LogP contribution in [-0.2, 0) is 0 Å². The second kappa shape index (κ2) is 9.33. The molecule has 0 aromatic rings. The van der Waals surface area contributed by atoms with Crippen LogP contribution in [0, 0.1) is 10.8 Å². The molecule has 0 aromatic heterocycles. The normalized spacial score (nSPS) is 22.1. The van der Waals surface area contributed by atoms with Gasteiger partial charge in [-0.15, -0.1) is 0 Å². The molecule has 1 heterocycles. The van der Waals surface area contributed by atoms with Gasteiger partial charge in [-0.2, -0.15) is 0 Å². The van der Waals surface area contributed by atoms with Crippen LogP contribution < -0.4 is 0 Å². The molecule has 0 unspecified atom stereocenters. The molecule has 1 heteroatoms. The highest BCUT2D eigenvalue weighted by atomic mass is 15.1. The zero-order valence-electron chi connectivity index (χ0n) is 19.8. The molecule has 0 saturated carbocycles. The Labute approximate surface area is 175 Å². The Morgan fingerprint density at radius 2 is 1.89 bits per heavy atom. The molecular weight excluding hydrogens is 338 g/mol. The molecule has 0 radical (unpaired) electrons. The molecule has 0 bridgehead atoms. The van der Waals surface area contributed by atoms with Gasteiger partial charge in [-0.3, -0.25) is 0 Å². The number of allylic oxidation sites excluding steroid dienone is 8. The Balaban J connectivity index is 2.28. The summed E-state index contributed by atoms with van der Waals surface area (Å²) in [5.41, 5.74) is 8.02. The van der Waals surface area contributed by atoms with Crippen LogP contribution in [0.1, 0.15) is 93.9 Å². The van der Waals surface area contributed by atoms with E-state index in [0.29, 0.717) is 5.41 Å². The topological polar surface area (TPSA) is 3.24 Å². The van der Waals surface area contributed by atoms with Gasteiger partial charge < -0.3 is 4.90 Å².